The molecule has 0 unspecified atom stereocenters. The molecule has 0 bridgehead atoms. The average Bonchev–Trinajstić information content (AvgIpc) is 3.55. The van der Waals surface area contributed by atoms with Crippen molar-refractivity contribution in [3.8, 4) is 0 Å². The Balaban J connectivity index is 1.17. The number of likely N-dealkylation sites (tertiary alicyclic amines) is 1. The van der Waals surface area contributed by atoms with Gasteiger partial charge in [0.2, 0.25) is 17.8 Å². The van der Waals surface area contributed by atoms with Gasteiger partial charge in [-0.25, -0.2) is 4.98 Å². The molecule has 1 aromatic carbocycles. The van der Waals surface area contributed by atoms with Gasteiger partial charge in [-0.05, 0) is 44.2 Å². The monoisotopic (exact) mass is 395 g/mol. The first-order chi connectivity index (χ1) is 14.2. The number of hydrogen-bond donors (Lipinski definition) is 1. The van der Waals surface area contributed by atoms with Crippen LogP contribution in [0, 0.1) is 11.8 Å². The first kappa shape index (κ1) is 18.5. The van der Waals surface area contributed by atoms with Gasteiger partial charge in [0, 0.05) is 51.1 Å². The van der Waals surface area contributed by atoms with Gasteiger partial charge in [-0.1, -0.05) is 12.1 Å². The molecule has 1 N–H and O–H groups in total. The van der Waals surface area contributed by atoms with Crippen LogP contribution in [-0.2, 0) is 9.59 Å². The maximum absolute atomic E-state index is 13.1. The van der Waals surface area contributed by atoms with Crippen LogP contribution >= 0.6 is 0 Å². The van der Waals surface area contributed by atoms with Crippen LogP contribution in [0.25, 0.3) is 11.0 Å². The van der Waals surface area contributed by atoms with Crippen molar-refractivity contribution in [2.45, 2.75) is 32.1 Å². The smallest absolute Gasteiger partial charge is 0.225 e. The lowest BCUT2D eigenvalue weighted by Gasteiger charge is -2.34. The van der Waals surface area contributed by atoms with Gasteiger partial charge in [0.25, 0.3) is 0 Å². The van der Waals surface area contributed by atoms with Gasteiger partial charge >= 0.3 is 0 Å². The summed E-state index contributed by atoms with van der Waals surface area (Å²) in [6, 6.07) is 8.07. The number of anilines is 1. The number of benzene rings is 1. The van der Waals surface area contributed by atoms with E-state index in [1.54, 1.807) is 0 Å². The molecule has 0 radical (unpaired) electrons. The summed E-state index contributed by atoms with van der Waals surface area (Å²) in [6.45, 7) is 4.71. The predicted molar refractivity (Wildman–Crippen MR) is 112 cm³/mol. The van der Waals surface area contributed by atoms with Gasteiger partial charge in [-0.3, -0.25) is 9.59 Å². The van der Waals surface area contributed by atoms with Crippen LogP contribution in [0.2, 0.25) is 0 Å². The molecule has 1 aromatic heterocycles. The number of carbonyl (C=O) groups excluding carboxylic acids is 2. The number of carbonyl (C=O) groups is 2. The van der Waals surface area contributed by atoms with Gasteiger partial charge in [0.15, 0.2) is 0 Å². The molecule has 1 aliphatic carbocycles. The zero-order valence-electron chi connectivity index (χ0n) is 16.8. The summed E-state index contributed by atoms with van der Waals surface area (Å²) in [5, 5.41) is 0. The van der Waals surface area contributed by atoms with Crippen LogP contribution in [0.15, 0.2) is 24.3 Å². The second kappa shape index (κ2) is 7.69. The molecule has 29 heavy (non-hydrogen) atoms. The van der Waals surface area contributed by atoms with E-state index in [0.29, 0.717) is 5.91 Å². The Kier molecular flexibility index (Phi) is 4.89. The maximum Gasteiger partial charge on any atom is 0.225 e. The molecule has 2 saturated heterocycles. The van der Waals surface area contributed by atoms with E-state index in [1.165, 1.54) is 0 Å². The van der Waals surface area contributed by atoms with E-state index in [2.05, 4.69) is 9.88 Å². The van der Waals surface area contributed by atoms with E-state index >= 15 is 0 Å². The van der Waals surface area contributed by atoms with E-state index < -0.39 is 0 Å². The fourth-order valence-electron chi connectivity index (χ4n) is 4.63. The predicted octanol–water partition coefficient (Wildman–Crippen LogP) is 2.25. The molecule has 3 aliphatic rings. The van der Waals surface area contributed by atoms with Crippen molar-refractivity contribution in [2.75, 3.05) is 44.2 Å². The molecule has 2 aromatic rings. The zero-order chi connectivity index (χ0) is 19.8. The highest BCUT2D eigenvalue weighted by molar-refractivity contribution is 5.82. The van der Waals surface area contributed by atoms with E-state index in [0.717, 1.165) is 88.4 Å². The van der Waals surface area contributed by atoms with Crippen molar-refractivity contribution in [1.82, 2.24) is 19.8 Å². The number of nitrogens with one attached hydrogen (secondary N) is 1. The zero-order valence-corrected chi connectivity index (χ0v) is 16.8. The number of piperidine rings is 1. The Bertz CT molecular complexity index is 864. The minimum absolute atomic E-state index is 0.0657. The minimum atomic E-state index is 0.0657. The summed E-state index contributed by atoms with van der Waals surface area (Å²) in [5.74, 6) is 1.82. The molecule has 1 saturated carbocycles. The van der Waals surface area contributed by atoms with Crippen molar-refractivity contribution < 1.29 is 9.59 Å². The lowest BCUT2D eigenvalue weighted by atomic mass is 9.95. The van der Waals surface area contributed by atoms with E-state index in [-0.39, 0.29) is 17.7 Å². The molecule has 7 heteroatoms. The minimum Gasteiger partial charge on any atom is -0.342 e. The van der Waals surface area contributed by atoms with Crippen molar-refractivity contribution in [3.63, 3.8) is 0 Å². The lowest BCUT2D eigenvalue weighted by molar-refractivity contribution is -0.141. The van der Waals surface area contributed by atoms with E-state index in [1.807, 2.05) is 34.1 Å². The first-order valence-corrected chi connectivity index (χ1v) is 11.0. The summed E-state index contributed by atoms with van der Waals surface area (Å²) in [6.07, 6.45) is 4.66. The number of H-pyrrole nitrogens is 1. The van der Waals surface area contributed by atoms with Crippen molar-refractivity contribution >= 4 is 28.8 Å². The number of para-hydroxylation sites is 2. The topological polar surface area (TPSA) is 72.5 Å². The Hall–Kier alpha value is -2.57. The second-order valence-electron chi connectivity index (χ2n) is 8.62. The molecule has 3 fully saturated rings. The highest BCUT2D eigenvalue weighted by atomic mass is 16.2. The van der Waals surface area contributed by atoms with Gasteiger partial charge < -0.3 is 19.7 Å². The Morgan fingerprint density at radius 2 is 1.52 bits per heavy atom. The Morgan fingerprint density at radius 3 is 2.24 bits per heavy atom. The van der Waals surface area contributed by atoms with Gasteiger partial charge in [-0.2, -0.15) is 0 Å². The normalized spacial score (nSPS) is 21.4. The van der Waals surface area contributed by atoms with E-state index in [9.17, 15) is 9.59 Å². The summed E-state index contributed by atoms with van der Waals surface area (Å²) in [5.41, 5.74) is 2.03. The Morgan fingerprint density at radius 1 is 0.828 bits per heavy atom. The van der Waals surface area contributed by atoms with Crippen LogP contribution in [0.3, 0.4) is 0 Å². The number of nitrogens with zero attached hydrogens (tertiary/aromatic N) is 4. The fraction of sp³-hybridized carbons (Fsp3) is 0.591. The highest BCUT2D eigenvalue weighted by Crippen LogP contribution is 2.32. The average molecular weight is 396 g/mol. The summed E-state index contributed by atoms with van der Waals surface area (Å²) in [4.78, 5) is 39.7. The quantitative estimate of drug-likeness (QED) is 0.865. The maximum atomic E-state index is 13.1. The third-order valence-electron chi connectivity index (χ3n) is 6.57. The molecule has 0 atom stereocenters. The number of amides is 2. The number of aromatic amines is 1. The first-order valence-electron chi connectivity index (χ1n) is 11.0. The van der Waals surface area contributed by atoms with Crippen molar-refractivity contribution in [2.24, 2.45) is 11.8 Å². The second-order valence-corrected chi connectivity index (χ2v) is 8.62. The van der Waals surface area contributed by atoms with Crippen LogP contribution in [-0.4, -0.2) is 70.9 Å². The number of fused-ring (bicyclic) bond motifs is 1. The highest BCUT2D eigenvalue weighted by Gasteiger charge is 2.37. The van der Waals surface area contributed by atoms with Crippen LogP contribution in [0.1, 0.15) is 32.1 Å². The van der Waals surface area contributed by atoms with Gasteiger partial charge in [-0.15, -0.1) is 0 Å². The fourth-order valence-corrected chi connectivity index (χ4v) is 4.63. The largest absolute Gasteiger partial charge is 0.342 e. The van der Waals surface area contributed by atoms with E-state index in [4.69, 9.17) is 4.98 Å². The Labute approximate surface area is 171 Å². The molecule has 154 valence electrons. The van der Waals surface area contributed by atoms with Crippen LogP contribution in [0.5, 0.6) is 0 Å². The summed E-state index contributed by atoms with van der Waals surface area (Å²) in [7, 11) is 0. The van der Waals surface area contributed by atoms with Crippen LogP contribution in [0.4, 0.5) is 5.95 Å². The standard InChI is InChI=1S/C22H29N5O2/c28-20(16-6-7-16)26-12-8-17(9-13-26)21(29)25-10-3-11-27(15-14-25)22-23-18-4-1-2-5-19(18)24-22/h1-2,4-5,16-17H,3,6-15H2,(H,23,24). The third-order valence-corrected chi connectivity index (χ3v) is 6.57. The van der Waals surface area contributed by atoms with Crippen molar-refractivity contribution in [3.05, 3.63) is 24.3 Å². The number of aromatic nitrogens is 2. The molecule has 2 aliphatic heterocycles. The number of imidazole rings is 1. The molecular weight excluding hydrogens is 366 g/mol. The molecule has 7 nitrogen and oxygen atoms in total. The summed E-state index contributed by atoms with van der Waals surface area (Å²) < 4.78 is 0. The van der Waals surface area contributed by atoms with Crippen molar-refractivity contribution in [1.29, 1.82) is 0 Å². The van der Waals surface area contributed by atoms with Crippen LogP contribution < -0.4 is 4.90 Å². The molecule has 2 amide bonds. The molecule has 5 rings (SSSR count). The molecule has 3 heterocycles. The lowest BCUT2D eigenvalue weighted by Crippen LogP contribution is -2.45. The molecule has 0 spiro atoms. The van der Waals surface area contributed by atoms with Gasteiger partial charge in [0.1, 0.15) is 0 Å². The summed E-state index contributed by atoms with van der Waals surface area (Å²) >= 11 is 0. The number of hydrogen-bond acceptors (Lipinski definition) is 4. The number of rotatable bonds is 3. The molecular formula is C22H29N5O2. The SMILES string of the molecule is O=C(C1CC1)N1CCC(C(=O)N2CCCN(c3nc4ccccc4[nH]3)CC2)CC1. The van der Waals surface area contributed by atoms with Gasteiger partial charge in [0.05, 0.1) is 11.0 Å². The third kappa shape index (κ3) is 3.82.